The van der Waals surface area contributed by atoms with Crippen LogP contribution in [-0.4, -0.2) is 35.0 Å². The third-order valence-electron chi connectivity index (χ3n) is 2.17. The summed E-state index contributed by atoms with van der Waals surface area (Å²) >= 11 is 5.48. The van der Waals surface area contributed by atoms with E-state index >= 15 is 0 Å². The summed E-state index contributed by atoms with van der Waals surface area (Å²) in [6, 6.07) is 3.05. The van der Waals surface area contributed by atoms with Gasteiger partial charge in [-0.2, -0.15) is 0 Å². The number of alkyl halides is 1. The number of aromatic nitrogens is 3. The molecular formula is C10H10ClN3O2S. The molecule has 0 aromatic carbocycles. The molecule has 2 aromatic heterocycles. The second-order valence-electron chi connectivity index (χ2n) is 3.41. The number of halogens is 1. The summed E-state index contributed by atoms with van der Waals surface area (Å²) in [5.41, 5.74) is 0.906. The number of hydrogen-bond donors (Lipinski definition) is 0. The fourth-order valence-electron chi connectivity index (χ4n) is 1.36. The second-order valence-corrected chi connectivity index (χ2v) is 5.84. The highest BCUT2D eigenvalue weighted by molar-refractivity contribution is 7.91. The lowest BCUT2D eigenvalue weighted by molar-refractivity contribution is 0.591. The molecule has 0 amide bonds. The summed E-state index contributed by atoms with van der Waals surface area (Å²) in [4.78, 5) is 12.0. The van der Waals surface area contributed by atoms with Crippen LogP contribution in [0.4, 0.5) is 0 Å². The fourth-order valence-corrected chi connectivity index (χ4v) is 2.89. The largest absolute Gasteiger partial charge is 0.251 e. The first-order valence-corrected chi connectivity index (χ1v) is 7.19. The minimum Gasteiger partial charge on any atom is -0.251 e. The van der Waals surface area contributed by atoms with E-state index in [-0.39, 0.29) is 10.8 Å². The van der Waals surface area contributed by atoms with Crippen LogP contribution in [0.2, 0.25) is 0 Å². The Bertz CT molecular complexity index is 630. The van der Waals surface area contributed by atoms with Crippen LogP contribution >= 0.6 is 11.6 Å². The van der Waals surface area contributed by atoms with Crippen molar-refractivity contribution in [2.75, 3.05) is 11.6 Å². The van der Waals surface area contributed by atoms with Crippen molar-refractivity contribution in [3.8, 4) is 0 Å². The predicted molar refractivity (Wildman–Crippen MR) is 64.7 cm³/mol. The topological polar surface area (TPSA) is 72.8 Å². The van der Waals surface area contributed by atoms with Gasteiger partial charge in [0.2, 0.25) is 0 Å². The molecule has 0 fully saturated rings. The predicted octanol–water partition coefficient (Wildman–Crippen LogP) is 1.43. The van der Waals surface area contributed by atoms with E-state index in [9.17, 15) is 8.42 Å². The molecule has 2 aromatic rings. The smallest absolute Gasteiger partial charge is 0.195 e. The van der Waals surface area contributed by atoms with Crippen molar-refractivity contribution in [2.24, 2.45) is 0 Å². The Kier molecular flexibility index (Phi) is 3.54. The Balaban J connectivity index is 2.42. The fraction of sp³-hybridized carbons (Fsp3) is 0.300. The molecule has 0 aliphatic carbocycles. The number of fused-ring (bicyclic) bond motifs is 1. The van der Waals surface area contributed by atoms with Crippen LogP contribution in [0, 0.1) is 0 Å². The van der Waals surface area contributed by atoms with Gasteiger partial charge in [-0.25, -0.2) is 18.4 Å². The Morgan fingerprint density at radius 1 is 1.18 bits per heavy atom. The molecule has 5 nitrogen and oxygen atoms in total. The van der Waals surface area contributed by atoms with Gasteiger partial charge in [0.1, 0.15) is 5.52 Å². The summed E-state index contributed by atoms with van der Waals surface area (Å²) in [7, 11) is -3.38. The number of nitrogens with zero attached hydrogens (tertiary/aromatic N) is 3. The lowest BCUT2D eigenvalue weighted by Crippen LogP contribution is -2.09. The normalized spacial score (nSPS) is 11.8. The highest BCUT2D eigenvalue weighted by Crippen LogP contribution is 2.13. The highest BCUT2D eigenvalue weighted by atomic mass is 35.5. The zero-order valence-corrected chi connectivity index (χ0v) is 10.4. The molecule has 0 atom stereocenters. The van der Waals surface area contributed by atoms with E-state index in [0.29, 0.717) is 23.5 Å². The van der Waals surface area contributed by atoms with Crippen LogP contribution in [-0.2, 0) is 9.84 Å². The lowest BCUT2D eigenvalue weighted by Gasteiger charge is -2.02. The van der Waals surface area contributed by atoms with Crippen LogP contribution in [0.15, 0.2) is 29.6 Å². The minimum atomic E-state index is -3.38. The van der Waals surface area contributed by atoms with E-state index in [4.69, 9.17) is 11.6 Å². The quantitative estimate of drug-likeness (QED) is 0.787. The number of rotatable bonds is 4. The number of sulfone groups is 1. The third-order valence-corrected chi connectivity index (χ3v) is 4.13. The van der Waals surface area contributed by atoms with Crippen molar-refractivity contribution in [1.82, 2.24) is 15.0 Å². The molecule has 0 bridgehead atoms. The van der Waals surface area contributed by atoms with E-state index in [0.717, 1.165) is 0 Å². The molecule has 0 saturated carbocycles. The molecule has 0 spiro atoms. The summed E-state index contributed by atoms with van der Waals surface area (Å²) in [5.74, 6) is 0.307. The molecule has 7 heteroatoms. The Morgan fingerprint density at radius 3 is 2.71 bits per heavy atom. The van der Waals surface area contributed by atoms with Crippen molar-refractivity contribution in [2.45, 2.75) is 11.4 Å². The van der Waals surface area contributed by atoms with Crippen LogP contribution in [0.25, 0.3) is 11.2 Å². The zero-order chi connectivity index (χ0) is 12.3. The van der Waals surface area contributed by atoms with Gasteiger partial charge in [-0.1, -0.05) is 0 Å². The molecule has 0 aliphatic heterocycles. The molecule has 0 aliphatic rings. The molecule has 0 unspecified atom stereocenters. The molecule has 0 saturated heterocycles. The summed E-state index contributed by atoms with van der Waals surface area (Å²) in [5, 5.41) is 0.0237. The van der Waals surface area contributed by atoms with Crippen LogP contribution in [0.1, 0.15) is 6.42 Å². The van der Waals surface area contributed by atoms with Gasteiger partial charge in [0, 0.05) is 18.3 Å². The van der Waals surface area contributed by atoms with Gasteiger partial charge < -0.3 is 0 Å². The highest BCUT2D eigenvalue weighted by Gasteiger charge is 2.16. The SMILES string of the molecule is O=S(=O)(CCCCl)c1ccc2nccnc2n1. The average Bonchev–Trinajstić information content (AvgIpc) is 2.36. The van der Waals surface area contributed by atoms with Gasteiger partial charge in [0.05, 0.1) is 5.75 Å². The maximum Gasteiger partial charge on any atom is 0.195 e. The Hall–Kier alpha value is -1.27. The molecule has 90 valence electrons. The van der Waals surface area contributed by atoms with Gasteiger partial charge in [0.25, 0.3) is 0 Å². The molecule has 0 radical (unpaired) electrons. The third kappa shape index (κ3) is 2.70. The van der Waals surface area contributed by atoms with Gasteiger partial charge in [0.15, 0.2) is 20.5 Å². The van der Waals surface area contributed by atoms with Crippen molar-refractivity contribution >= 4 is 32.6 Å². The molecule has 2 heterocycles. The molecule has 2 rings (SSSR count). The Labute approximate surface area is 104 Å². The van der Waals surface area contributed by atoms with Gasteiger partial charge in [-0.15, -0.1) is 11.6 Å². The van der Waals surface area contributed by atoms with Crippen LogP contribution in [0.5, 0.6) is 0 Å². The number of hydrogen-bond acceptors (Lipinski definition) is 5. The first kappa shape index (κ1) is 12.2. The first-order chi connectivity index (χ1) is 8.13. The van der Waals surface area contributed by atoms with E-state index in [1.807, 2.05) is 0 Å². The molecule has 0 N–H and O–H groups in total. The zero-order valence-electron chi connectivity index (χ0n) is 8.88. The average molecular weight is 272 g/mol. The first-order valence-electron chi connectivity index (χ1n) is 5.00. The summed E-state index contributed by atoms with van der Waals surface area (Å²) < 4.78 is 23.7. The monoisotopic (exact) mass is 271 g/mol. The van der Waals surface area contributed by atoms with E-state index in [1.54, 1.807) is 6.07 Å². The van der Waals surface area contributed by atoms with Crippen molar-refractivity contribution in [3.05, 3.63) is 24.5 Å². The number of pyridine rings is 1. The standard InChI is InChI=1S/C10H10ClN3O2S/c11-4-1-7-17(15,16)9-3-2-8-10(14-9)13-6-5-12-8/h2-3,5-6H,1,4,7H2. The summed E-state index contributed by atoms with van der Waals surface area (Å²) in [6.45, 7) is 0. The second kappa shape index (κ2) is 4.93. The lowest BCUT2D eigenvalue weighted by atomic mass is 10.4. The van der Waals surface area contributed by atoms with E-state index in [1.165, 1.54) is 18.5 Å². The van der Waals surface area contributed by atoms with Gasteiger partial charge in [-0.3, -0.25) is 4.98 Å². The van der Waals surface area contributed by atoms with Crippen LogP contribution < -0.4 is 0 Å². The van der Waals surface area contributed by atoms with E-state index < -0.39 is 9.84 Å². The maximum atomic E-state index is 11.9. The van der Waals surface area contributed by atoms with Crippen molar-refractivity contribution in [3.63, 3.8) is 0 Å². The van der Waals surface area contributed by atoms with Crippen LogP contribution in [0.3, 0.4) is 0 Å². The molecular weight excluding hydrogens is 262 g/mol. The van der Waals surface area contributed by atoms with Gasteiger partial charge in [-0.05, 0) is 18.6 Å². The minimum absolute atomic E-state index is 0.00469. The molecule has 17 heavy (non-hydrogen) atoms. The van der Waals surface area contributed by atoms with E-state index in [2.05, 4.69) is 15.0 Å². The summed E-state index contributed by atoms with van der Waals surface area (Å²) in [6.07, 6.45) is 3.42. The maximum absolute atomic E-state index is 11.9. The van der Waals surface area contributed by atoms with Crippen molar-refractivity contribution in [1.29, 1.82) is 0 Å². The van der Waals surface area contributed by atoms with Gasteiger partial charge >= 0.3 is 0 Å². The Morgan fingerprint density at radius 2 is 1.94 bits per heavy atom. The van der Waals surface area contributed by atoms with Crippen molar-refractivity contribution < 1.29 is 8.42 Å².